The highest BCUT2D eigenvalue weighted by molar-refractivity contribution is 5.87. The Balaban J connectivity index is 0.00000256. The van der Waals surface area contributed by atoms with Crippen molar-refractivity contribution >= 4 is 24.2 Å². The molecule has 1 rings (SSSR count). The minimum atomic E-state index is -0.895. The number of nitrogens with zero attached hydrogens (tertiary/aromatic N) is 1. The lowest BCUT2D eigenvalue weighted by molar-refractivity contribution is -0.129. The van der Waals surface area contributed by atoms with Crippen LogP contribution in [0.15, 0.2) is 0 Å². The number of halogens is 1. The summed E-state index contributed by atoms with van der Waals surface area (Å²) in [5.74, 6) is -0.119. The van der Waals surface area contributed by atoms with Gasteiger partial charge in [0.15, 0.2) is 0 Å². The van der Waals surface area contributed by atoms with Crippen LogP contribution in [0.25, 0.3) is 0 Å². The topological polar surface area (TPSA) is 75.4 Å². The molecule has 0 aliphatic carbocycles. The average molecular weight is 264 g/mol. The zero-order valence-electron chi connectivity index (χ0n) is 10.8. The SMILES string of the molecule is CC(C)N1CC(NC(=O)C(C)(C)N)CC1=O.Cl. The molecule has 1 heterocycles. The van der Waals surface area contributed by atoms with Crippen LogP contribution in [0.1, 0.15) is 34.1 Å². The summed E-state index contributed by atoms with van der Waals surface area (Å²) in [4.78, 5) is 25.0. The van der Waals surface area contributed by atoms with Crippen molar-refractivity contribution in [1.29, 1.82) is 0 Å². The van der Waals surface area contributed by atoms with Crippen LogP contribution >= 0.6 is 12.4 Å². The third-order valence-corrected chi connectivity index (χ3v) is 2.70. The lowest BCUT2D eigenvalue weighted by atomic mass is 10.1. The highest BCUT2D eigenvalue weighted by Gasteiger charge is 2.34. The molecule has 17 heavy (non-hydrogen) atoms. The van der Waals surface area contributed by atoms with E-state index in [2.05, 4.69) is 5.32 Å². The predicted molar refractivity (Wildman–Crippen MR) is 68.9 cm³/mol. The molecule has 0 spiro atoms. The van der Waals surface area contributed by atoms with Crippen LogP contribution in [0.3, 0.4) is 0 Å². The summed E-state index contributed by atoms with van der Waals surface area (Å²) in [7, 11) is 0. The molecule has 0 saturated carbocycles. The summed E-state index contributed by atoms with van der Waals surface area (Å²) in [6.07, 6.45) is 0.375. The van der Waals surface area contributed by atoms with Crippen molar-refractivity contribution in [2.24, 2.45) is 5.73 Å². The van der Waals surface area contributed by atoms with Crippen LogP contribution in [-0.4, -0.2) is 40.9 Å². The van der Waals surface area contributed by atoms with E-state index in [4.69, 9.17) is 5.73 Å². The third-order valence-electron chi connectivity index (χ3n) is 2.70. The Morgan fingerprint density at radius 1 is 1.53 bits per heavy atom. The zero-order chi connectivity index (χ0) is 12.5. The minimum Gasteiger partial charge on any atom is -0.349 e. The van der Waals surface area contributed by atoms with Crippen LogP contribution in [0, 0.1) is 0 Å². The van der Waals surface area contributed by atoms with E-state index >= 15 is 0 Å². The van der Waals surface area contributed by atoms with Crippen LogP contribution < -0.4 is 11.1 Å². The second kappa shape index (κ2) is 5.69. The van der Waals surface area contributed by atoms with E-state index in [-0.39, 0.29) is 36.3 Å². The molecule has 0 aromatic heterocycles. The third kappa shape index (κ3) is 4.16. The molecule has 0 radical (unpaired) electrons. The normalized spacial score (nSPS) is 20.5. The Labute approximate surface area is 109 Å². The van der Waals surface area contributed by atoms with E-state index < -0.39 is 5.54 Å². The molecule has 3 N–H and O–H groups in total. The van der Waals surface area contributed by atoms with E-state index in [0.29, 0.717) is 13.0 Å². The first-order valence-electron chi connectivity index (χ1n) is 5.61. The Morgan fingerprint density at radius 3 is 2.41 bits per heavy atom. The molecule has 6 heteroatoms. The number of amides is 2. The molecule has 1 fully saturated rings. The van der Waals surface area contributed by atoms with Gasteiger partial charge in [0, 0.05) is 19.0 Å². The lowest BCUT2D eigenvalue weighted by Crippen LogP contribution is -2.52. The van der Waals surface area contributed by atoms with Gasteiger partial charge in [0.25, 0.3) is 0 Å². The van der Waals surface area contributed by atoms with Gasteiger partial charge in [-0.05, 0) is 27.7 Å². The van der Waals surface area contributed by atoms with Crippen LogP contribution in [0.4, 0.5) is 0 Å². The van der Waals surface area contributed by atoms with Gasteiger partial charge in [-0.15, -0.1) is 12.4 Å². The fourth-order valence-corrected chi connectivity index (χ4v) is 1.70. The van der Waals surface area contributed by atoms with Crippen molar-refractivity contribution < 1.29 is 9.59 Å². The van der Waals surface area contributed by atoms with Crippen molar-refractivity contribution in [1.82, 2.24) is 10.2 Å². The van der Waals surface area contributed by atoms with Gasteiger partial charge >= 0.3 is 0 Å². The van der Waals surface area contributed by atoms with Gasteiger partial charge in [0.05, 0.1) is 11.6 Å². The maximum atomic E-state index is 11.6. The van der Waals surface area contributed by atoms with Crippen molar-refractivity contribution in [2.75, 3.05) is 6.54 Å². The van der Waals surface area contributed by atoms with Crippen LogP contribution in [0.5, 0.6) is 0 Å². The van der Waals surface area contributed by atoms with Crippen molar-refractivity contribution in [3.05, 3.63) is 0 Å². The Kier molecular flexibility index (Phi) is 5.42. The smallest absolute Gasteiger partial charge is 0.239 e. The number of nitrogens with two attached hydrogens (primary N) is 1. The molecular weight excluding hydrogens is 242 g/mol. The van der Waals surface area contributed by atoms with Gasteiger partial charge in [0.1, 0.15) is 0 Å². The number of nitrogens with one attached hydrogen (secondary N) is 1. The Bertz CT molecular complexity index is 300. The van der Waals surface area contributed by atoms with Crippen LogP contribution in [0.2, 0.25) is 0 Å². The van der Waals surface area contributed by atoms with Gasteiger partial charge in [-0.2, -0.15) is 0 Å². The van der Waals surface area contributed by atoms with E-state index in [9.17, 15) is 9.59 Å². The molecule has 0 aromatic carbocycles. The fourth-order valence-electron chi connectivity index (χ4n) is 1.70. The number of hydrogen-bond donors (Lipinski definition) is 2. The van der Waals surface area contributed by atoms with E-state index in [1.165, 1.54) is 0 Å². The maximum Gasteiger partial charge on any atom is 0.239 e. The molecular formula is C11H22ClN3O2. The van der Waals surface area contributed by atoms with Crippen LogP contribution in [-0.2, 0) is 9.59 Å². The Hall–Kier alpha value is -0.810. The first-order valence-corrected chi connectivity index (χ1v) is 5.61. The van der Waals surface area contributed by atoms with Gasteiger partial charge in [-0.3, -0.25) is 9.59 Å². The summed E-state index contributed by atoms with van der Waals surface area (Å²) in [5, 5.41) is 2.81. The van der Waals surface area contributed by atoms with Crippen molar-refractivity contribution in [3.63, 3.8) is 0 Å². The minimum absolute atomic E-state index is 0. The molecule has 1 atom stereocenters. The number of carbonyl (C=O) groups excluding carboxylic acids is 2. The number of carbonyl (C=O) groups is 2. The van der Waals surface area contributed by atoms with E-state index in [1.807, 2.05) is 13.8 Å². The highest BCUT2D eigenvalue weighted by atomic mass is 35.5. The molecule has 5 nitrogen and oxygen atoms in total. The molecule has 2 amide bonds. The summed E-state index contributed by atoms with van der Waals surface area (Å²) < 4.78 is 0. The molecule has 1 unspecified atom stereocenters. The lowest BCUT2D eigenvalue weighted by Gasteiger charge is -2.23. The standard InChI is InChI=1S/C11H21N3O2.ClH/c1-7(2)14-6-8(5-9(14)15)13-10(16)11(3,4)12;/h7-8H,5-6,12H2,1-4H3,(H,13,16);1H. The van der Waals surface area contributed by atoms with Gasteiger partial charge in [0.2, 0.25) is 11.8 Å². The van der Waals surface area contributed by atoms with Crippen molar-refractivity contribution in [3.8, 4) is 0 Å². The average Bonchev–Trinajstić information content (AvgIpc) is 2.45. The summed E-state index contributed by atoms with van der Waals surface area (Å²) in [6.45, 7) is 7.82. The van der Waals surface area contributed by atoms with Crippen molar-refractivity contribution in [2.45, 2.75) is 51.7 Å². The predicted octanol–water partition coefficient (Wildman–Crippen LogP) is 0.271. The summed E-state index contributed by atoms with van der Waals surface area (Å²) >= 11 is 0. The number of rotatable bonds is 3. The van der Waals surface area contributed by atoms with Gasteiger partial charge < -0.3 is 16.0 Å². The molecule has 1 aliphatic heterocycles. The zero-order valence-corrected chi connectivity index (χ0v) is 11.6. The van der Waals surface area contributed by atoms with E-state index in [0.717, 1.165) is 0 Å². The summed E-state index contributed by atoms with van der Waals surface area (Å²) in [6, 6.07) is 0.0745. The monoisotopic (exact) mass is 263 g/mol. The number of hydrogen-bond acceptors (Lipinski definition) is 3. The van der Waals surface area contributed by atoms with Gasteiger partial charge in [-0.1, -0.05) is 0 Å². The fraction of sp³-hybridized carbons (Fsp3) is 0.818. The molecule has 0 bridgehead atoms. The first-order chi connectivity index (χ1) is 7.21. The largest absolute Gasteiger partial charge is 0.349 e. The molecule has 1 saturated heterocycles. The molecule has 1 aliphatic rings. The first kappa shape index (κ1) is 16.2. The maximum absolute atomic E-state index is 11.6. The second-order valence-corrected chi connectivity index (χ2v) is 5.24. The second-order valence-electron chi connectivity index (χ2n) is 5.24. The molecule has 0 aromatic rings. The number of likely N-dealkylation sites (tertiary alicyclic amines) is 1. The highest BCUT2D eigenvalue weighted by Crippen LogP contribution is 2.14. The molecule has 100 valence electrons. The van der Waals surface area contributed by atoms with Gasteiger partial charge in [-0.25, -0.2) is 0 Å². The van der Waals surface area contributed by atoms with E-state index in [1.54, 1.807) is 18.7 Å². The Morgan fingerprint density at radius 2 is 2.06 bits per heavy atom. The summed E-state index contributed by atoms with van der Waals surface area (Å²) in [5.41, 5.74) is 4.78. The quantitative estimate of drug-likeness (QED) is 0.768.